The standard InChI is InChI=1S/C20H29NO4.ClH/c1-14(2)16-8-7-9-17(15(3)4)20(16)25-19(23)13-24-18(22)12-21-10-5-6-11-21;/h7-9,14-15H,5-6,10-13H2,1-4H3;1H. The number of ether oxygens (including phenoxy) is 2. The van der Waals surface area contributed by atoms with Crippen LogP contribution >= 0.6 is 12.4 Å². The van der Waals surface area contributed by atoms with E-state index in [1.54, 1.807) is 0 Å². The van der Waals surface area contributed by atoms with E-state index in [1.807, 2.05) is 23.1 Å². The summed E-state index contributed by atoms with van der Waals surface area (Å²) in [6, 6.07) is 5.93. The summed E-state index contributed by atoms with van der Waals surface area (Å²) in [4.78, 5) is 26.1. The van der Waals surface area contributed by atoms with Crippen molar-refractivity contribution >= 4 is 24.3 Å². The minimum absolute atomic E-state index is 0. The molecule has 0 unspecified atom stereocenters. The van der Waals surface area contributed by atoms with Crippen LogP contribution in [0.2, 0.25) is 0 Å². The van der Waals surface area contributed by atoms with Crippen molar-refractivity contribution in [1.82, 2.24) is 4.90 Å². The zero-order valence-corrected chi connectivity index (χ0v) is 16.9. The van der Waals surface area contributed by atoms with Crippen LogP contribution in [0.25, 0.3) is 0 Å². The number of carbonyl (C=O) groups excluding carboxylic acids is 2. The fourth-order valence-electron chi connectivity index (χ4n) is 3.05. The second-order valence-electron chi connectivity index (χ2n) is 7.19. The van der Waals surface area contributed by atoms with E-state index >= 15 is 0 Å². The molecule has 0 N–H and O–H groups in total. The van der Waals surface area contributed by atoms with Gasteiger partial charge in [-0.05, 0) is 48.9 Å². The molecular formula is C20H30ClNO4. The van der Waals surface area contributed by atoms with Gasteiger partial charge in [0.05, 0.1) is 6.54 Å². The molecule has 1 heterocycles. The van der Waals surface area contributed by atoms with Crippen LogP contribution in [-0.4, -0.2) is 43.1 Å². The molecule has 0 radical (unpaired) electrons. The molecule has 1 aliphatic heterocycles. The van der Waals surface area contributed by atoms with Crippen LogP contribution in [0.3, 0.4) is 0 Å². The summed E-state index contributed by atoms with van der Waals surface area (Å²) in [5.41, 5.74) is 1.98. The number of para-hydroxylation sites is 1. The Bertz CT molecular complexity index is 584. The quantitative estimate of drug-likeness (QED) is 0.528. The van der Waals surface area contributed by atoms with Crippen molar-refractivity contribution in [2.24, 2.45) is 0 Å². The van der Waals surface area contributed by atoms with E-state index in [-0.39, 0.29) is 43.4 Å². The molecule has 0 spiro atoms. The smallest absolute Gasteiger partial charge is 0.349 e. The minimum atomic E-state index is -0.537. The maximum atomic E-state index is 12.2. The van der Waals surface area contributed by atoms with Crippen molar-refractivity contribution < 1.29 is 19.1 Å². The van der Waals surface area contributed by atoms with Crippen LogP contribution in [0, 0.1) is 0 Å². The lowest BCUT2D eigenvalue weighted by Gasteiger charge is -2.19. The highest BCUT2D eigenvalue weighted by Crippen LogP contribution is 2.34. The monoisotopic (exact) mass is 383 g/mol. The summed E-state index contributed by atoms with van der Waals surface area (Å²) in [7, 11) is 0. The Morgan fingerprint density at radius 2 is 1.54 bits per heavy atom. The van der Waals surface area contributed by atoms with Gasteiger partial charge in [-0.15, -0.1) is 12.4 Å². The molecule has 1 aliphatic rings. The van der Waals surface area contributed by atoms with Gasteiger partial charge in [-0.2, -0.15) is 0 Å². The Hall–Kier alpha value is -1.59. The van der Waals surface area contributed by atoms with E-state index in [4.69, 9.17) is 9.47 Å². The Morgan fingerprint density at radius 3 is 2.04 bits per heavy atom. The number of rotatable bonds is 7. The number of carbonyl (C=O) groups is 2. The third-order valence-corrected chi connectivity index (χ3v) is 4.44. The van der Waals surface area contributed by atoms with Gasteiger partial charge in [0, 0.05) is 0 Å². The molecule has 1 saturated heterocycles. The largest absolute Gasteiger partial charge is 0.453 e. The number of nitrogens with zero attached hydrogens (tertiary/aromatic N) is 1. The number of hydrogen-bond donors (Lipinski definition) is 0. The molecule has 0 atom stereocenters. The fraction of sp³-hybridized carbons (Fsp3) is 0.600. The van der Waals surface area contributed by atoms with Gasteiger partial charge in [-0.1, -0.05) is 45.9 Å². The molecule has 0 aliphatic carbocycles. The molecule has 1 aromatic carbocycles. The zero-order chi connectivity index (χ0) is 18.4. The Labute approximate surface area is 162 Å². The molecule has 0 amide bonds. The molecule has 0 aromatic heterocycles. The second-order valence-corrected chi connectivity index (χ2v) is 7.19. The minimum Gasteiger partial charge on any atom is -0.453 e. The van der Waals surface area contributed by atoms with Crippen LogP contribution in [0.1, 0.15) is 63.5 Å². The van der Waals surface area contributed by atoms with Crippen molar-refractivity contribution in [3.63, 3.8) is 0 Å². The molecule has 146 valence electrons. The SMILES string of the molecule is CC(C)c1cccc(C(C)C)c1OC(=O)COC(=O)CN1CCCC1.Cl. The lowest BCUT2D eigenvalue weighted by Crippen LogP contribution is -2.30. The Kier molecular flexibility index (Phi) is 9.09. The summed E-state index contributed by atoms with van der Waals surface area (Å²) in [6.45, 7) is 9.97. The second kappa shape index (κ2) is 10.5. The van der Waals surface area contributed by atoms with Gasteiger partial charge < -0.3 is 9.47 Å². The average Bonchev–Trinajstić information content (AvgIpc) is 3.05. The van der Waals surface area contributed by atoms with Gasteiger partial charge >= 0.3 is 11.9 Å². The van der Waals surface area contributed by atoms with Gasteiger partial charge in [0.1, 0.15) is 5.75 Å². The van der Waals surface area contributed by atoms with Crippen molar-refractivity contribution in [2.75, 3.05) is 26.2 Å². The van der Waals surface area contributed by atoms with Crippen molar-refractivity contribution in [3.05, 3.63) is 29.3 Å². The fourth-order valence-corrected chi connectivity index (χ4v) is 3.05. The predicted octanol–water partition coefficient (Wildman–Crippen LogP) is 3.90. The lowest BCUT2D eigenvalue weighted by molar-refractivity contribution is -0.154. The van der Waals surface area contributed by atoms with Crippen molar-refractivity contribution in [2.45, 2.75) is 52.4 Å². The van der Waals surface area contributed by atoms with Crippen molar-refractivity contribution in [3.8, 4) is 5.75 Å². The van der Waals surface area contributed by atoms with Crippen LogP contribution < -0.4 is 4.74 Å². The molecule has 5 nitrogen and oxygen atoms in total. The maximum Gasteiger partial charge on any atom is 0.349 e. The lowest BCUT2D eigenvalue weighted by atomic mass is 9.94. The summed E-state index contributed by atoms with van der Waals surface area (Å²) in [5.74, 6) is 0.163. The molecule has 0 bridgehead atoms. The first-order chi connectivity index (χ1) is 11.9. The highest BCUT2D eigenvalue weighted by atomic mass is 35.5. The highest BCUT2D eigenvalue weighted by molar-refractivity contribution is 5.85. The van der Waals surface area contributed by atoms with Crippen LogP contribution in [0.15, 0.2) is 18.2 Å². The van der Waals surface area contributed by atoms with Crippen LogP contribution in [0.4, 0.5) is 0 Å². The van der Waals surface area contributed by atoms with E-state index < -0.39 is 5.97 Å². The van der Waals surface area contributed by atoms with Gasteiger partial charge in [0.25, 0.3) is 0 Å². The number of likely N-dealkylation sites (tertiary alicyclic amines) is 1. The third-order valence-electron chi connectivity index (χ3n) is 4.44. The van der Waals surface area contributed by atoms with E-state index in [9.17, 15) is 9.59 Å². The molecule has 0 saturated carbocycles. The zero-order valence-electron chi connectivity index (χ0n) is 16.1. The van der Waals surface area contributed by atoms with E-state index in [1.165, 1.54) is 0 Å². The summed E-state index contributed by atoms with van der Waals surface area (Å²) >= 11 is 0. The molecule has 1 aromatic rings. The van der Waals surface area contributed by atoms with Gasteiger partial charge in [0.15, 0.2) is 6.61 Å². The van der Waals surface area contributed by atoms with E-state index in [2.05, 4.69) is 27.7 Å². The average molecular weight is 384 g/mol. The van der Waals surface area contributed by atoms with Crippen LogP contribution in [0.5, 0.6) is 5.75 Å². The van der Waals surface area contributed by atoms with Crippen molar-refractivity contribution in [1.29, 1.82) is 0 Å². The molecule has 26 heavy (non-hydrogen) atoms. The number of esters is 2. The normalized spacial score (nSPS) is 14.4. The first-order valence-corrected chi connectivity index (χ1v) is 9.10. The molecular weight excluding hydrogens is 354 g/mol. The van der Waals surface area contributed by atoms with Gasteiger partial charge in [0.2, 0.25) is 0 Å². The first kappa shape index (κ1) is 22.5. The first-order valence-electron chi connectivity index (χ1n) is 9.10. The van der Waals surface area contributed by atoms with Gasteiger partial charge in [-0.25, -0.2) is 4.79 Å². The molecule has 2 rings (SSSR count). The van der Waals surface area contributed by atoms with Crippen LogP contribution in [-0.2, 0) is 14.3 Å². The van der Waals surface area contributed by atoms with Gasteiger partial charge in [-0.3, -0.25) is 9.69 Å². The summed E-state index contributed by atoms with van der Waals surface area (Å²) < 4.78 is 10.7. The maximum absolute atomic E-state index is 12.2. The molecule has 6 heteroatoms. The number of benzene rings is 1. The van der Waals surface area contributed by atoms with E-state index in [0.717, 1.165) is 37.1 Å². The highest BCUT2D eigenvalue weighted by Gasteiger charge is 2.20. The Morgan fingerprint density at radius 1 is 1.00 bits per heavy atom. The van der Waals surface area contributed by atoms with E-state index in [0.29, 0.717) is 5.75 Å². The predicted molar refractivity (Wildman–Crippen MR) is 104 cm³/mol. The topological polar surface area (TPSA) is 55.8 Å². The third kappa shape index (κ3) is 6.29. The number of hydrogen-bond acceptors (Lipinski definition) is 5. The number of halogens is 1. The Balaban J connectivity index is 0.00000338. The molecule has 1 fully saturated rings. The summed E-state index contributed by atoms with van der Waals surface area (Å²) in [6.07, 6.45) is 2.22. The summed E-state index contributed by atoms with van der Waals surface area (Å²) in [5, 5.41) is 0.